The minimum absolute atomic E-state index is 0.221. The zero-order valence-electron chi connectivity index (χ0n) is 13.0. The lowest BCUT2D eigenvalue weighted by Gasteiger charge is -2.10. The van der Waals surface area contributed by atoms with E-state index in [1.807, 2.05) is 36.4 Å². The molecule has 1 aliphatic rings. The maximum absolute atomic E-state index is 12.3. The number of ether oxygens (including phenoxy) is 1. The molecule has 3 heterocycles. The van der Waals surface area contributed by atoms with E-state index in [-0.39, 0.29) is 11.5 Å². The number of fused-ring (bicyclic) bond motifs is 3. The van der Waals surface area contributed by atoms with E-state index in [1.54, 1.807) is 10.6 Å². The van der Waals surface area contributed by atoms with E-state index in [4.69, 9.17) is 10.5 Å². The molecule has 7 nitrogen and oxygen atoms in total. The lowest BCUT2D eigenvalue weighted by molar-refractivity contribution is 0.349. The number of benzene rings is 1. The summed E-state index contributed by atoms with van der Waals surface area (Å²) < 4.78 is 7.26. The predicted molar refractivity (Wildman–Crippen MR) is 93.4 cm³/mol. The second-order valence-corrected chi connectivity index (χ2v) is 5.62. The van der Waals surface area contributed by atoms with E-state index in [0.29, 0.717) is 36.6 Å². The largest absolute Gasteiger partial charge is 0.473 e. The molecule has 122 valence electrons. The number of imidazole rings is 1. The van der Waals surface area contributed by atoms with Crippen molar-refractivity contribution in [3.05, 3.63) is 58.5 Å². The Morgan fingerprint density at radius 1 is 1.25 bits per heavy atom. The van der Waals surface area contributed by atoms with Gasteiger partial charge in [-0.15, -0.1) is 0 Å². The van der Waals surface area contributed by atoms with Gasteiger partial charge in [0.1, 0.15) is 12.1 Å². The van der Waals surface area contributed by atoms with Gasteiger partial charge in [0.25, 0.3) is 0 Å². The van der Waals surface area contributed by atoms with Gasteiger partial charge in [0.15, 0.2) is 5.82 Å². The van der Waals surface area contributed by atoms with Crippen LogP contribution in [0.1, 0.15) is 5.56 Å². The minimum atomic E-state index is -0.221. The third-order valence-corrected chi connectivity index (χ3v) is 3.96. The molecule has 1 aliphatic heterocycles. The van der Waals surface area contributed by atoms with Gasteiger partial charge in [0.2, 0.25) is 5.88 Å². The van der Waals surface area contributed by atoms with Gasteiger partial charge in [-0.25, -0.2) is 4.79 Å². The molecule has 7 heteroatoms. The van der Waals surface area contributed by atoms with Crippen molar-refractivity contribution in [2.45, 2.75) is 6.54 Å². The number of hydrogen-bond acceptors (Lipinski definition) is 5. The molecular weight excluding hydrogens is 306 g/mol. The van der Waals surface area contributed by atoms with Gasteiger partial charge in [0, 0.05) is 18.3 Å². The molecule has 24 heavy (non-hydrogen) atoms. The number of H-pyrrole nitrogens is 1. The van der Waals surface area contributed by atoms with Crippen LogP contribution in [0.25, 0.3) is 11.0 Å². The first-order valence-electron chi connectivity index (χ1n) is 7.70. The quantitative estimate of drug-likeness (QED) is 0.547. The van der Waals surface area contributed by atoms with Crippen molar-refractivity contribution in [2.24, 2.45) is 0 Å². The molecule has 4 N–H and O–H groups in total. The first kappa shape index (κ1) is 14.4. The normalized spacial score (nSPS) is 14.2. The van der Waals surface area contributed by atoms with Crippen LogP contribution in [-0.2, 0) is 6.54 Å². The Hall–Kier alpha value is -3.22. The second kappa shape index (κ2) is 5.77. The van der Waals surface area contributed by atoms with Gasteiger partial charge in [-0.1, -0.05) is 18.2 Å². The number of aromatic amines is 1. The molecule has 4 rings (SSSR count). The third-order valence-electron chi connectivity index (χ3n) is 3.96. The van der Waals surface area contributed by atoms with Crippen molar-refractivity contribution in [3.63, 3.8) is 0 Å². The molecule has 1 aromatic carbocycles. The number of hydrogen-bond donors (Lipinski definition) is 3. The average molecular weight is 323 g/mol. The van der Waals surface area contributed by atoms with Crippen LogP contribution in [0.15, 0.2) is 47.3 Å². The molecule has 0 spiro atoms. The fourth-order valence-electron chi connectivity index (χ4n) is 2.81. The van der Waals surface area contributed by atoms with Crippen LogP contribution in [0, 0.1) is 0 Å². The summed E-state index contributed by atoms with van der Waals surface area (Å²) in [5.41, 5.74) is 8.98. The Morgan fingerprint density at radius 2 is 2.17 bits per heavy atom. The van der Waals surface area contributed by atoms with Crippen LogP contribution in [0.4, 0.5) is 11.5 Å². The smallest absolute Gasteiger partial charge is 0.326 e. The van der Waals surface area contributed by atoms with Crippen LogP contribution in [0.3, 0.4) is 0 Å². The van der Waals surface area contributed by atoms with Gasteiger partial charge in [-0.2, -0.15) is 4.98 Å². The highest BCUT2D eigenvalue weighted by Gasteiger charge is 2.13. The number of nitrogens with two attached hydrogens (primary N) is 1. The highest BCUT2D eigenvalue weighted by molar-refractivity contribution is 5.85. The summed E-state index contributed by atoms with van der Waals surface area (Å²) in [4.78, 5) is 19.3. The van der Waals surface area contributed by atoms with Gasteiger partial charge < -0.3 is 20.8 Å². The van der Waals surface area contributed by atoms with Gasteiger partial charge in [-0.05, 0) is 23.8 Å². The zero-order valence-corrected chi connectivity index (χ0v) is 13.0. The Balaban J connectivity index is 1.89. The lowest BCUT2D eigenvalue weighted by atomic mass is 10.2. The van der Waals surface area contributed by atoms with Crippen molar-refractivity contribution in [1.29, 1.82) is 0 Å². The fraction of sp³-hybridized carbons (Fsp3) is 0.176. The number of pyridine rings is 1. The summed E-state index contributed by atoms with van der Waals surface area (Å²) in [7, 11) is 0. The average Bonchev–Trinajstić information content (AvgIpc) is 2.88. The van der Waals surface area contributed by atoms with Crippen molar-refractivity contribution < 1.29 is 4.74 Å². The van der Waals surface area contributed by atoms with Crippen molar-refractivity contribution in [3.8, 4) is 5.88 Å². The fourth-order valence-corrected chi connectivity index (χ4v) is 2.81. The van der Waals surface area contributed by atoms with Gasteiger partial charge in [0.05, 0.1) is 12.1 Å². The van der Waals surface area contributed by atoms with E-state index in [9.17, 15) is 4.79 Å². The third kappa shape index (κ3) is 2.60. The molecule has 4 bridgehead atoms. The molecule has 0 saturated heterocycles. The Labute approximate surface area is 137 Å². The molecule has 3 aromatic rings. The van der Waals surface area contributed by atoms with E-state index in [2.05, 4.69) is 15.3 Å². The Bertz CT molecular complexity index is 986. The van der Waals surface area contributed by atoms with Crippen LogP contribution in [0.2, 0.25) is 0 Å². The lowest BCUT2D eigenvalue weighted by Crippen LogP contribution is -2.17. The topological polar surface area (TPSA) is 98.0 Å². The van der Waals surface area contributed by atoms with Crippen LogP contribution in [-0.4, -0.2) is 27.7 Å². The molecule has 0 amide bonds. The standard InChI is InChI=1S/C17H17N5O2/c18-16-15-13-9-14(20-16)24-7-2-1-6-19-12-5-3-4-11(8-12)10-22(13)17(23)21-15/h1-5,8-9,19H,6-7,10H2,(H2,18,20)(H,21,23). The minimum Gasteiger partial charge on any atom is -0.473 e. The Kier molecular flexibility index (Phi) is 3.45. The predicted octanol–water partition coefficient (Wildman–Crippen LogP) is 1.72. The number of nitrogens with zero attached hydrogens (tertiary/aromatic N) is 2. The molecule has 0 saturated carbocycles. The van der Waals surface area contributed by atoms with Gasteiger partial charge in [-0.3, -0.25) is 4.57 Å². The molecule has 0 aliphatic carbocycles. The number of aromatic nitrogens is 3. The summed E-state index contributed by atoms with van der Waals surface area (Å²) >= 11 is 0. The summed E-state index contributed by atoms with van der Waals surface area (Å²) in [5, 5.41) is 3.31. The van der Waals surface area contributed by atoms with Crippen molar-refractivity contribution >= 4 is 22.5 Å². The zero-order chi connectivity index (χ0) is 16.5. The summed E-state index contributed by atoms with van der Waals surface area (Å²) in [6, 6.07) is 9.73. The molecule has 0 fully saturated rings. The maximum atomic E-state index is 12.3. The summed E-state index contributed by atoms with van der Waals surface area (Å²) in [5.74, 6) is 0.654. The number of nitrogen functional groups attached to an aromatic ring is 1. The number of anilines is 2. The van der Waals surface area contributed by atoms with Crippen LogP contribution in [0.5, 0.6) is 5.88 Å². The van der Waals surface area contributed by atoms with E-state index in [1.165, 1.54) is 0 Å². The van der Waals surface area contributed by atoms with E-state index < -0.39 is 0 Å². The molecular formula is C17H17N5O2. The van der Waals surface area contributed by atoms with E-state index in [0.717, 1.165) is 11.3 Å². The molecule has 2 aromatic heterocycles. The molecule has 0 unspecified atom stereocenters. The number of rotatable bonds is 0. The monoisotopic (exact) mass is 323 g/mol. The number of nitrogens with one attached hydrogen (secondary N) is 2. The summed E-state index contributed by atoms with van der Waals surface area (Å²) in [6.45, 7) is 1.51. The highest BCUT2D eigenvalue weighted by Crippen LogP contribution is 2.22. The van der Waals surface area contributed by atoms with E-state index >= 15 is 0 Å². The highest BCUT2D eigenvalue weighted by atomic mass is 16.5. The van der Waals surface area contributed by atoms with Crippen molar-refractivity contribution in [2.75, 3.05) is 24.2 Å². The van der Waals surface area contributed by atoms with Crippen molar-refractivity contribution in [1.82, 2.24) is 14.5 Å². The van der Waals surface area contributed by atoms with Crippen LogP contribution >= 0.6 is 0 Å². The maximum Gasteiger partial charge on any atom is 0.326 e. The summed E-state index contributed by atoms with van der Waals surface area (Å²) in [6.07, 6.45) is 3.90. The SMILES string of the molecule is Nc1nc2cc3c1[nH]c(=O)n3Cc1cccc(c1)NCC=CCO2. The first-order chi connectivity index (χ1) is 11.7. The first-order valence-corrected chi connectivity index (χ1v) is 7.70. The van der Waals surface area contributed by atoms with Crippen LogP contribution < -0.4 is 21.5 Å². The molecule has 0 atom stereocenters. The second-order valence-electron chi connectivity index (χ2n) is 5.62. The Morgan fingerprint density at radius 3 is 3.08 bits per heavy atom. The van der Waals surface area contributed by atoms with Gasteiger partial charge >= 0.3 is 5.69 Å². The molecule has 0 radical (unpaired) electrons.